The van der Waals surface area contributed by atoms with Crippen LogP contribution in [0.25, 0.3) is 0 Å². The van der Waals surface area contributed by atoms with E-state index in [4.69, 9.17) is 36.0 Å². The van der Waals surface area contributed by atoms with E-state index in [0.717, 1.165) is 18.8 Å². The van der Waals surface area contributed by atoms with Crippen LogP contribution in [0.3, 0.4) is 0 Å². The monoisotopic (exact) mass is 548 g/mol. The third-order valence-corrected chi connectivity index (χ3v) is 6.09. The summed E-state index contributed by atoms with van der Waals surface area (Å²) < 4.78 is 1.96. The standard InChI is InChI=1S/C15H15NS2.C7H9N3.C6H5.Zn/c17-15(18)16(11-13-7-3-1-4-8-13)12-14-9-5-2-6-10-14;8-7(9)10-6-4-2-1-3-5-6;1-2-4-6-5-3-1;/h1-10H,11-12H2,(H,17,18);1-5H,(H4,8,9,10);1-5H;/q;;;+1/p-1. The minimum atomic E-state index is -0.0359. The summed E-state index contributed by atoms with van der Waals surface area (Å²) in [4.78, 5) is 2.04. The van der Waals surface area contributed by atoms with Gasteiger partial charge in [-0.3, -0.25) is 5.41 Å². The number of para-hydroxylation sites is 1. The van der Waals surface area contributed by atoms with Gasteiger partial charge in [-0.2, -0.15) is 0 Å². The van der Waals surface area contributed by atoms with Crippen LogP contribution in [0.15, 0.2) is 121 Å². The second-order valence-electron chi connectivity index (χ2n) is 7.48. The van der Waals surface area contributed by atoms with Gasteiger partial charge in [0.2, 0.25) is 0 Å². The molecule has 4 aromatic carbocycles. The Hall–Kier alpha value is -3.12. The number of nitrogens with two attached hydrogens (primary N) is 1. The predicted molar refractivity (Wildman–Crippen MR) is 150 cm³/mol. The number of nitrogens with zero attached hydrogens (tertiary/aromatic N) is 1. The van der Waals surface area contributed by atoms with Crippen LogP contribution in [0.2, 0.25) is 0 Å². The molecule has 4 rings (SSSR count). The van der Waals surface area contributed by atoms with Crippen LogP contribution in [0.4, 0.5) is 5.69 Å². The Morgan fingerprint density at radius 2 is 1.11 bits per heavy atom. The van der Waals surface area contributed by atoms with Crippen molar-refractivity contribution < 1.29 is 18.3 Å². The van der Waals surface area contributed by atoms with Gasteiger partial charge in [0.1, 0.15) is 0 Å². The summed E-state index contributed by atoms with van der Waals surface area (Å²) >= 11 is 11.6. The first-order valence-corrected chi connectivity index (χ1v) is 13.3. The predicted octanol–water partition coefficient (Wildman–Crippen LogP) is 5.37. The molecule has 0 heterocycles. The van der Waals surface area contributed by atoms with Crippen LogP contribution in [-0.4, -0.2) is 15.2 Å². The molecule has 0 aromatic heterocycles. The van der Waals surface area contributed by atoms with Crippen molar-refractivity contribution in [2.24, 2.45) is 5.73 Å². The van der Waals surface area contributed by atoms with Crippen molar-refractivity contribution in [1.82, 2.24) is 4.90 Å². The number of anilines is 1. The summed E-state index contributed by atoms with van der Waals surface area (Å²) in [7, 11) is 0. The molecule has 174 valence electrons. The van der Waals surface area contributed by atoms with E-state index in [0.29, 0.717) is 4.32 Å². The molecule has 4 nitrogen and oxygen atoms in total. The first-order chi connectivity index (χ1) is 16.9. The van der Waals surface area contributed by atoms with Crippen LogP contribution < -0.4 is 15.2 Å². The van der Waals surface area contributed by atoms with E-state index in [2.05, 4.69) is 53.8 Å². The van der Waals surface area contributed by atoms with Gasteiger partial charge >= 0.3 is 52.8 Å². The molecule has 0 amide bonds. The number of hydrogen-bond donors (Lipinski definition) is 3. The molecule has 4 aromatic rings. The van der Waals surface area contributed by atoms with Crippen molar-refractivity contribution in [1.29, 1.82) is 5.41 Å². The quantitative estimate of drug-likeness (QED) is 0.103. The van der Waals surface area contributed by atoms with Gasteiger partial charge in [0.25, 0.3) is 0 Å². The fourth-order valence-electron chi connectivity index (χ4n) is 2.95. The second-order valence-corrected chi connectivity index (χ2v) is 10.2. The number of rotatable bonds is 5. The molecule has 35 heavy (non-hydrogen) atoms. The van der Waals surface area contributed by atoms with E-state index in [1.807, 2.05) is 77.7 Å². The summed E-state index contributed by atoms with van der Waals surface area (Å²) in [5, 5.41) is 9.56. The SMILES string of the molecule is N=C(N)Nc1ccccc1.S=C([S-])N(Cc1ccccc1)Cc1ccccc1.[Zn+][c]1ccccc1. The molecule has 7 heteroatoms. The number of thiocarbonyl (C=S) groups is 1. The average molecular weight is 550 g/mol. The zero-order chi connectivity index (χ0) is 25.3. The van der Waals surface area contributed by atoms with E-state index in [1.54, 1.807) is 0 Å². The van der Waals surface area contributed by atoms with Crippen LogP contribution in [0, 0.1) is 5.41 Å². The molecular weight excluding hydrogens is 522 g/mol. The average Bonchev–Trinajstić information content (AvgIpc) is 2.86. The summed E-state index contributed by atoms with van der Waals surface area (Å²) in [5.41, 5.74) is 8.38. The fourth-order valence-corrected chi connectivity index (χ4v) is 3.78. The van der Waals surface area contributed by atoms with Crippen LogP contribution >= 0.6 is 12.2 Å². The summed E-state index contributed by atoms with van der Waals surface area (Å²) in [5.74, 6) is -0.0359. The Bertz CT molecular complexity index is 1090. The molecule has 0 saturated heterocycles. The van der Waals surface area contributed by atoms with Crippen molar-refractivity contribution >= 4 is 45.0 Å². The van der Waals surface area contributed by atoms with Gasteiger partial charge in [0.15, 0.2) is 5.96 Å². The molecule has 0 saturated carbocycles. The zero-order valence-electron chi connectivity index (χ0n) is 19.5. The van der Waals surface area contributed by atoms with E-state index in [9.17, 15) is 0 Å². The molecule has 0 aliphatic heterocycles. The number of guanidine groups is 1. The minimum absolute atomic E-state index is 0.0359. The molecular formula is C28H28N4S2Zn. The molecule has 0 bridgehead atoms. The molecule has 0 radical (unpaired) electrons. The van der Waals surface area contributed by atoms with Crippen LogP contribution in [0.1, 0.15) is 11.1 Å². The maximum absolute atomic E-state index is 6.90. The van der Waals surface area contributed by atoms with Gasteiger partial charge < -0.3 is 40.8 Å². The summed E-state index contributed by atoms with van der Waals surface area (Å²) in [6, 6.07) is 40.3. The van der Waals surface area contributed by atoms with Crippen LogP contribution in [-0.2, 0) is 44.0 Å². The van der Waals surface area contributed by atoms with Gasteiger partial charge in [-0.25, -0.2) is 0 Å². The first kappa shape index (κ1) is 28.1. The molecule has 0 atom stereocenters. The van der Waals surface area contributed by atoms with Gasteiger partial charge in [-0.15, -0.1) is 0 Å². The van der Waals surface area contributed by atoms with E-state index >= 15 is 0 Å². The zero-order valence-corrected chi connectivity index (χ0v) is 24.1. The molecule has 0 fully saturated rings. The van der Waals surface area contributed by atoms with E-state index in [1.165, 1.54) is 33.6 Å². The van der Waals surface area contributed by atoms with Crippen molar-refractivity contribution in [2.75, 3.05) is 5.32 Å². The molecule has 0 spiro atoms. The Morgan fingerprint density at radius 1 is 0.743 bits per heavy atom. The topological polar surface area (TPSA) is 65.1 Å². The van der Waals surface area contributed by atoms with Crippen molar-refractivity contribution in [3.05, 3.63) is 132 Å². The number of hydrogen-bond acceptors (Lipinski definition) is 3. The van der Waals surface area contributed by atoms with Crippen molar-refractivity contribution in [3.63, 3.8) is 0 Å². The molecule has 0 unspecified atom stereocenters. The Morgan fingerprint density at radius 3 is 1.43 bits per heavy atom. The van der Waals surface area contributed by atoms with E-state index in [-0.39, 0.29) is 5.96 Å². The van der Waals surface area contributed by atoms with Gasteiger partial charge in [0.05, 0.1) is 0 Å². The molecule has 0 aliphatic carbocycles. The fraction of sp³-hybridized carbons (Fsp3) is 0.0714. The van der Waals surface area contributed by atoms with Crippen molar-refractivity contribution in [3.8, 4) is 0 Å². The second kappa shape index (κ2) is 16.5. The molecule has 0 aliphatic rings. The Labute approximate surface area is 229 Å². The number of benzene rings is 4. The number of nitrogens with one attached hydrogen (secondary N) is 2. The van der Waals surface area contributed by atoms with Gasteiger partial charge in [-0.05, 0) is 23.3 Å². The van der Waals surface area contributed by atoms with Gasteiger partial charge in [0, 0.05) is 18.8 Å². The Balaban J connectivity index is 0.000000212. The summed E-state index contributed by atoms with van der Waals surface area (Å²) in [6.07, 6.45) is 0. The van der Waals surface area contributed by atoms with Crippen LogP contribution in [0.5, 0.6) is 0 Å². The van der Waals surface area contributed by atoms with Gasteiger partial charge in [-0.1, -0.05) is 83.2 Å². The Kier molecular flexibility index (Phi) is 13.3. The first-order valence-electron chi connectivity index (χ1n) is 11.0. The maximum atomic E-state index is 6.90. The summed E-state index contributed by atoms with van der Waals surface area (Å²) in [6.45, 7) is 1.52. The third kappa shape index (κ3) is 12.8. The normalized spacial score (nSPS) is 9.43. The van der Waals surface area contributed by atoms with E-state index < -0.39 is 0 Å². The molecule has 4 N–H and O–H groups in total. The third-order valence-electron chi connectivity index (χ3n) is 4.59. The van der Waals surface area contributed by atoms with Crippen molar-refractivity contribution in [2.45, 2.75) is 13.1 Å².